The van der Waals surface area contributed by atoms with E-state index in [0.29, 0.717) is 0 Å². The Labute approximate surface area is 189 Å². The standard InChI is InChI=1S/C18H32N2O13/c21-12(17(29)13(22)8-20-30)7-19-18(9-31-4-1-14(23)24,10-32-5-2-15(25)26)11-33-6-3-16(27)28/h12-13,17,19,21-22,29H,1-11H2,(H,23,24)(H,25,26)(H,27,28). The summed E-state index contributed by atoms with van der Waals surface area (Å²) >= 11 is 0. The number of β-amino-alcohol motifs (C(OH)–C–C–N with tert-alkyl or cyclic N) is 1. The quantitative estimate of drug-likeness (QED) is 0.0628. The Kier molecular flexibility index (Phi) is 16.1. The van der Waals surface area contributed by atoms with Gasteiger partial charge in [0.15, 0.2) is 0 Å². The van der Waals surface area contributed by atoms with Gasteiger partial charge in [0.1, 0.15) is 18.8 Å². The highest BCUT2D eigenvalue weighted by Gasteiger charge is 2.34. The van der Waals surface area contributed by atoms with E-state index < -0.39 is 48.3 Å². The van der Waals surface area contributed by atoms with E-state index in [2.05, 4.69) is 10.5 Å². The van der Waals surface area contributed by atoms with E-state index in [9.17, 15) is 34.6 Å². The van der Waals surface area contributed by atoms with Crippen LogP contribution in [0.15, 0.2) is 5.18 Å². The number of aliphatic carboxylic acids is 3. The van der Waals surface area contributed by atoms with Gasteiger partial charge in [-0.3, -0.25) is 14.4 Å². The molecule has 3 atom stereocenters. The third-order valence-corrected chi connectivity index (χ3v) is 4.25. The fraction of sp³-hybridized carbons (Fsp3) is 0.833. The fourth-order valence-electron chi connectivity index (χ4n) is 2.44. The number of carbonyl (C=O) groups is 3. The summed E-state index contributed by atoms with van der Waals surface area (Å²) in [6.45, 7) is -2.37. The molecule has 33 heavy (non-hydrogen) atoms. The van der Waals surface area contributed by atoms with Crippen molar-refractivity contribution >= 4 is 17.9 Å². The molecule has 192 valence electrons. The minimum absolute atomic E-state index is 0.197. The maximum atomic E-state index is 10.7. The van der Waals surface area contributed by atoms with E-state index in [4.69, 9.17) is 29.5 Å². The van der Waals surface area contributed by atoms with Gasteiger partial charge in [0, 0.05) is 6.54 Å². The first-order valence-electron chi connectivity index (χ1n) is 10.00. The van der Waals surface area contributed by atoms with Gasteiger partial charge in [-0.15, -0.1) is 0 Å². The second-order valence-corrected chi connectivity index (χ2v) is 7.19. The first kappa shape index (κ1) is 30.7. The number of ether oxygens (including phenoxy) is 3. The molecule has 0 spiro atoms. The van der Waals surface area contributed by atoms with Crippen molar-refractivity contribution in [2.75, 3.05) is 52.7 Å². The number of nitroso groups, excluding NO2 is 1. The lowest BCUT2D eigenvalue weighted by atomic mass is 10.0. The van der Waals surface area contributed by atoms with Gasteiger partial charge in [-0.25, -0.2) is 0 Å². The van der Waals surface area contributed by atoms with Crippen LogP contribution < -0.4 is 5.32 Å². The van der Waals surface area contributed by atoms with Gasteiger partial charge < -0.3 is 50.2 Å². The molecule has 0 heterocycles. The highest BCUT2D eigenvalue weighted by molar-refractivity contribution is 5.67. The van der Waals surface area contributed by atoms with Crippen molar-refractivity contribution in [2.24, 2.45) is 5.18 Å². The van der Waals surface area contributed by atoms with Gasteiger partial charge in [-0.2, -0.15) is 4.91 Å². The van der Waals surface area contributed by atoms with Crippen molar-refractivity contribution in [1.82, 2.24) is 5.32 Å². The van der Waals surface area contributed by atoms with E-state index >= 15 is 0 Å². The zero-order valence-electron chi connectivity index (χ0n) is 18.0. The summed E-state index contributed by atoms with van der Waals surface area (Å²) in [6, 6.07) is 0. The molecule has 0 aromatic heterocycles. The van der Waals surface area contributed by atoms with E-state index in [-0.39, 0.29) is 65.4 Å². The lowest BCUT2D eigenvalue weighted by Gasteiger charge is -2.36. The smallest absolute Gasteiger partial charge is 0.305 e. The first-order valence-corrected chi connectivity index (χ1v) is 10.00. The van der Waals surface area contributed by atoms with Crippen LogP contribution in [0.5, 0.6) is 0 Å². The number of nitrogens with one attached hydrogen (secondary N) is 1. The zero-order chi connectivity index (χ0) is 25.3. The molecular weight excluding hydrogens is 452 g/mol. The van der Waals surface area contributed by atoms with E-state index in [1.807, 2.05) is 0 Å². The van der Waals surface area contributed by atoms with Crippen LogP contribution in [0.25, 0.3) is 0 Å². The summed E-state index contributed by atoms with van der Waals surface area (Å²) < 4.78 is 16.1. The lowest BCUT2D eigenvalue weighted by Crippen LogP contribution is -2.60. The topological polar surface area (TPSA) is 242 Å². The molecule has 0 radical (unpaired) electrons. The molecule has 0 aliphatic carbocycles. The molecule has 0 aromatic carbocycles. The van der Waals surface area contributed by atoms with E-state index in [0.717, 1.165) is 0 Å². The van der Waals surface area contributed by atoms with Crippen molar-refractivity contribution in [1.29, 1.82) is 0 Å². The number of aliphatic hydroxyl groups is 3. The molecule has 3 unspecified atom stereocenters. The molecule has 15 heteroatoms. The summed E-state index contributed by atoms with van der Waals surface area (Å²) in [6.07, 6.45) is -5.90. The van der Waals surface area contributed by atoms with Gasteiger partial charge in [0.05, 0.1) is 70.5 Å². The zero-order valence-corrected chi connectivity index (χ0v) is 18.0. The van der Waals surface area contributed by atoms with Crippen LogP contribution in [-0.4, -0.2) is 125 Å². The number of hydrogen-bond donors (Lipinski definition) is 7. The van der Waals surface area contributed by atoms with Crippen LogP contribution >= 0.6 is 0 Å². The number of hydrogen-bond acceptors (Lipinski definition) is 12. The first-order chi connectivity index (χ1) is 15.5. The average Bonchev–Trinajstić information content (AvgIpc) is 2.74. The monoisotopic (exact) mass is 484 g/mol. The van der Waals surface area contributed by atoms with Gasteiger partial charge in [0.25, 0.3) is 0 Å². The van der Waals surface area contributed by atoms with Crippen molar-refractivity contribution < 1.29 is 59.2 Å². The maximum Gasteiger partial charge on any atom is 0.305 e. The molecule has 0 saturated heterocycles. The number of nitrogens with zero attached hydrogens (tertiary/aromatic N) is 1. The van der Waals surface area contributed by atoms with E-state index in [1.165, 1.54) is 0 Å². The minimum atomic E-state index is -1.73. The highest BCUT2D eigenvalue weighted by Crippen LogP contribution is 2.12. The molecule has 0 bridgehead atoms. The van der Waals surface area contributed by atoms with Crippen molar-refractivity contribution in [3.63, 3.8) is 0 Å². The molecule has 0 aliphatic heterocycles. The molecule has 0 amide bonds. The maximum absolute atomic E-state index is 10.7. The summed E-state index contributed by atoms with van der Waals surface area (Å²) in [5.74, 6) is -3.33. The second kappa shape index (κ2) is 17.2. The normalized spacial score (nSPS) is 14.4. The third kappa shape index (κ3) is 15.2. The van der Waals surface area contributed by atoms with Crippen molar-refractivity contribution in [3.8, 4) is 0 Å². The highest BCUT2D eigenvalue weighted by atomic mass is 16.5. The molecule has 0 saturated carbocycles. The van der Waals surface area contributed by atoms with Crippen LogP contribution in [-0.2, 0) is 28.6 Å². The Morgan fingerprint density at radius 1 is 0.758 bits per heavy atom. The van der Waals surface area contributed by atoms with Gasteiger partial charge in [0.2, 0.25) is 0 Å². The van der Waals surface area contributed by atoms with Gasteiger partial charge >= 0.3 is 17.9 Å². The van der Waals surface area contributed by atoms with Crippen molar-refractivity contribution in [2.45, 2.75) is 43.1 Å². The predicted octanol–water partition coefficient (Wildman–Crippen LogP) is -2.36. The molecule has 15 nitrogen and oxygen atoms in total. The third-order valence-electron chi connectivity index (χ3n) is 4.25. The lowest BCUT2D eigenvalue weighted by molar-refractivity contribution is -0.139. The van der Waals surface area contributed by atoms with Gasteiger partial charge in [-0.05, 0) is 0 Å². The minimum Gasteiger partial charge on any atom is -0.481 e. The van der Waals surface area contributed by atoms with Crippen LogP contribution in [0, 0.1) is 4.91 Å². The number of aliphatic hydroxyl groups excluding tert-OH is 3. The Hall–Kier alpha value is -2.27. The summed E-state index contributed by atoms with van der Waals surface area (Å²) in [5.41, 5.74) is -1.32. The number of carboxylic acid groups (broad SMARTS) is 3. The summed E-state index contributed by atoms with van der Waals surface area (Å²) in [7, 11) is 0. The fourth-order valence-corrected chi connectivity index (χ4v) is 2.44. The Morgan fingerprint density at radius 2 is 1.15 bits per heavy atom. The van der Waals surface area contributed by atoms with Crippen molar-refractivity contribution in [3.05, 3.63) is 4.91 Å². The van der Waals surface area contributed by atoms with E-state index in [1.54, 1.807) is 0 Å². The summed E-state index contributed by atoms with van der Waals surface area (Å²) in [4.78, 5) is 42.4. The number of rotatable bonds is 22. The average molecular weight is 484 g/mol. The van der Waals surface area contributed by atoms with Crippen LogP contribution in [0.2, 0.25) is 0 Å². The second-order valence-electron chi connectivity index (χ2n) is 7.19. The van der Waals surface area contributed by atoms with Crippen LogP contribution in [0.3, 0.4) is 0 Å². The molecule has 0 aromatic rings. The molecule has 7 N–H and O–H groups in total. The SMILES string of the molecule is O=NCC(O)C(O)C(O)CNC(COCCC(=O)O)(COCCC(=O)O)COCCC(=O)O. The Bertz CT molecular complexity index is 549. The predicted molar refractivity (Wildman–Crippen MR) is 109 cm³/mol. The Morgan fingerprint density at radius 3 is 1.48 bits per heavy atom. The van der Waals surface area contributed by atoms with Crippen LogP contribution in [0.1, 0.15) is 19.3 Å². The number of carboxylic acids is 3. The molecule has 0 rings (SSSR count). The molecule has 0 fully saturated rings. The van der Waals surface area contributed by atoms with Crippen LogP contribution in [0.4, 0.5) is 0 Å². The van der Waals surface area contributed by atoms with Gasteiger partial charge in [-0.1, -0.05) is 5.18 Å². The summed E-state index contributed by atoms with van der Waals surface area (Å²) in [5, 5.41) is 61.2. The Balaban J connectivity index is 5.31. The molecule has 0 aliphatic rings. The largest absolute Gasteiger partial charge is 0.481 e. The molecular formula is C18H32N2O13.